The summed E-state index contributed by atoms with van der Waals surface area (Å²) in [4.78, 5) is 0. The summed E-state index contributed by atoms with van der Waals surface area (Å²) in [6.07, 6.45) is 13.6. The Morgan fingerprint density at radius 3 is 2.95 bits per heavy atom. The highest BCUT2D eigenvalue weighted by molar-refractivity contribution is 5.84. The van der Waals surface area contributed by atoms with Gasteiger partial charge < -0.3 is 9.88 Å². The van der Waals surface area contributed by atoms with Crippen LogP contribution in [0.2, 0.25) is 0 Å². The highest BCUT2D eigenvalue weighted by atomic mass is 15.0. The molecule has 3 rings (SSSR count). The number of nitrogens with zero attached hydrogens (tertiary/aromatic N) is 1. The van der Waals surface area contributed by atoms with Crippen molar-refractivity contribution in [1.29, 1.82) is 0 Å². The molecular formula is C18H22N2. The molecule has 0 spiro atoms. The molecular weight excluding hydrogens is 244 g/mol. The van der Waals surface area contributed by atoms with E-state index in [1.165, 1.54) is 35.7 Å². The van der Waals surface area contributed by atoms with E-state index in [4.69, 9.17) is 6.42 Å². The zero-order valence-corrected chi connectivity index (χ0v) is 11.9. The Hall–Kier alpha value is -1.72. The fourth-order valence-electron chi connectivity index (χ4n) is 2.76. The fraction of sp³-hybridized carbons (Fsp3) is 0.444. The zero-order valence-electron chi connectivity index (χ0n) is 11.9. The average molecular weight is 266 g/mol. The minimum absolute atomic E-state index is 0.793. The van der Waals surface area contributed by atoms with E-state index in [0.717, 1.165) is 32.0 Å². The summed E-state index contributed by atoms with van der Waals surface area (Å²) >= 11 is 0. The Labute approximate surface area is 121 Å². The highest BCUT2D eigenvalue weighted by Gasteiger charge is 2.19. The maximum atomic E-state index is 5.39. The lowest BCUT2D eigenvalue weighted by Gasteiger charge is -2.01. The highest BCUT2D eigenvalue weighted by Crippen LogP contribution is 2.23. The average Bonchev–Trinajstić information content (AvgIpc) is 3.24. The second-order valence-electron chi connectivity index (χ2n) is 5.65. The Balaban J connectivity index is 1.70. The topological polar surface area (TPSA) is 17.0 Å². The minimum Gasteiger partial charge on any atom is -0.346 e. The van der Waals surface area contributed by atoms with Gasteiger partial charge in [-0.05, 0) is 43.9 Å². The van der Waals surface area contributed by atoms with Crippen LogP contribution in [0.1, 0.15) is 31.2 Å². The van der Waals surface area contributed by atoms with Crippen LogP contribution >= 0.6 is 0 Å². The molecule has 104 valence electrons. The van der Waals surface area contributed by atoms with Crippen molar-refractivity contribution >= 4 is 10.9 Å². The molecule has 0 unspecified atom stereocenters. The van der Waals surface area contributed by atoms with E-state index in [9.17, 15) is 0 Å². The number of aromatic nitrogens is 1. The number of terminal acetylenes is 1. The molecule has 1 fully saturated rings. The van der Waals surface area contributed by atoms with Crippen molar-refractivity contribution in [1.82, 2.24) is 9.88 Å². The van der Waals surface area contributed by atoms with Gasteiger partial charge >= 0.3 is 0 Å². The molecule has 20 heavy (non-hydrogen) atoms. The summed E-state index contributed by atoms with van der Waals surface area (Å²) in [6, 6.07) is 9.46. The number of hydrogen-bond donors (Lipinski definition) is 1. The number of para-hydroxylation sites is 1. The fourth-order valence-corrected chi connectivity index (χ4v) is 2.76. The molecule has 1 aliphatic carbocycles. The van der Waals surface area contributed by atoms with Gasteiger partial charge in [-0.15, -0.1) is 12.3 Å². The lowest BCUT2D eigenvalue weighted by Crippen LogP contribution is -2.17. The lowest BCUT2D eigenvalue weighted by molar-refractivity contribution is 0.645. The van der Waals surface area contributed by atoms with Gasteiger partial charge in [-0.1, -0.05) is 18.2 Å². The second kappa shape index (κ2) is 6.15. The Kier molecular flexibility index (Phi) is 4.08. The predicted octanol–water partition coefficient (Wildman–Crippen LogP) is 3.35. The second-order valence-corrected chi connectivity index (χ2v) is 5.65. The standard InChI is InChI=1S/C18H22N2/c1-2-3-13-20-14-15(7-6-12-19-16-10-11-16)17-8-4-5-9-18(17)20/h1,4-5,8-9,14,16,19H,3,6-7,10-13H2. The first-order chi connectivity index (χ1) is 9.88. The van der Waals surface area contributed by atoms with Gasteiger partial charge in [0.15, 0.2) is 0 Å². The maximum Gasteiger partial charge on any atom is 0.0483 e. The number of fused-ring (bicyclic) bond motifs is 1. The molecule has 0 radical (unpaired) electrons. The summed E-state index contributed by atoms with van der Waals surface area (Å²) in [5, 5.41) is 4.97. The lowest BCUT2D eigenvalue weighted by atomic mass is 10.1. The molecule has 1 aliphatic rings. The van der Waals surface area contributed by atoms with Gasteiger partial charge in [0, 0.05) is 36.1 Å². The molecule has 0 aliphatic heterocycles. The van der Waals surface area contributed by atoms with Crippen molar-refractivity contribution < 1.29 is 0 Å². The van der Waals surface area contributed by atoms with Crippen LogP contribution in [0.5, 0.6) is 0 Å². The number of benzene rings is 1. The first kappa shape index (κ1) is 13.3. The monoisotopic (exact) mass is 266 g/mol. The van der Waals surface area contributed by atoms with Crippen LogP contribution in [0.15, 0.2) is 30.5 Å². The van der Waals surface area contributed by atoms with Crippen molar-refractivity contribution in [2.45, 2.75) is 44.7 Å². The van der Waals surface area contributed by atoms with Gasteiger partial charge in [0.25, 0.3) is 0 Å². The van der Waals surface area contributed by atoms with E-state index < -0.39 is 0 Å². The Morgan fingerprint density at radius 1 is 1.30 bits per heavy atom. The first-order valence-electron chi connectivity index (χ1n) is 7.62. The summed E-state index contributed by atoms with van der Waals surface area (Å²) in [6.45, 7) is 2.05. The van der Waals surface area contributed by atoms with Gasteiger partial charge in [-0.2, -0.15) is 0 Å². The Morgan fingerprint density at radius 2 is 2.15 bits per heavy atom. The molecule has 0 saturated heterocycles. The van der Waals surface area contributed by atoms with Crippen LogP contribution in [-0.4, -0.2) is 17.2 Å². The van der Waals surface area contributed by atoms with E-state index in [0.29, 0.717) is 0 Å². The number of nitrogens with one attached hydrogen (secondary N) is 1. The number of rotatable bonds is 7. The molecule has 2 aromatic rings. The molecule has 2 heteroatoms. The quantitative estimate of drug-likeness (QED) is 0.601. The van der Waals surface area contributed by atoms with Gasteiger partial charge in [0.2, 0.25) is 0 Å². The van der Waals surface area contributed by atoms with Crippen molar-refractivity contribution in [3.8, 4) is 12.3 Å². The smallest absolute Gasteiger partial charge is 0.0483 e. The van der Waals surface area contributed by atoms with E-state index in [1.54, 1.807) is 0 Å². The molecule has 1 aromatic heterocycles. The van der Waals surface area contributed by atoms with Gasteiger partial charge in [0.05, 0.1) is 0 Å². The van der Waals surface area contributed by atoms with Crippen LogP contribution in [0.25, 0.3) is 10.9 Å². The predicted molar refractivity (Wildman–Crippen MR) is 84.7 cm³/mol. The largest absolute Gasteiger partial charge is 0.346 e. The van der Waals surface area contributed by atoms with Crippen LogP contribution in [-0.2, 0) is 13.0 Å². The molecule has 0 atom stereocenters. The third-order valence-electron chi connectivity index (χ3n) is 4.00. The molecule has 1 saturated carbocycles. The first-order valence-corrected chi connectivity index (χ1v) is 7.62. The van der Waals surface area contributed by atoms with E-state index >= 15 is 0 Å². The summed E-state index contributed by atoms with van der Waals surface area (Å²) < 4.78 is 2.30. The normalized spacial score (nSPS) is 14.6. The number of aryl methyl sites for hydroxylation is 2. The zero-order chi connectivity index (χ0) is 13.8. The van der Waals surface area contributed by atoms with E-state index in [2.05, 4.69) is 46.3 Å². The minimum atomic E-state index is 0.793. The third kappa shape index (κ3) is 3.05. The molecule has 0 bridgehead atoms. The summed E-state index contributed by atoms with van der Waals surface area (Å²) in [5.41, 5.74) is 2.77. The third-order valence-corrected chi connectivity index (χ3v) is 4.00. The maximum absolute atomic E-state index is 5.39. The van der Waals surface area contributed by atoms with Crippen molar-refractivity contribution in [2.75, 3.05) is 6.54 Å². The van der Waals surface area contributed by atoms with Crippen molar-refractivity contribution in [3.63, 3.8) is 0 Å². The molecule has 2 nitrogen and oxygen atoms in total. The molecule has 1 N–H and O–H groups in total. The van der Waals surface area contributed by atoms with E-state index in [-0.39, 0.29) is 0 Å². The van der Waals surface area contributed by atoms with Crippen LogP contribution in [0.3, 0.4) is 0 Å². The molecule has 1 heterocycles. The van der Waals surface area contributed by atoms with Crippen molar-refractivity contribution in [3.05, 3.63) is 36.0 Å². The van der Waals surface area contributed by atoms with E-state index in [1.807, 2.05) is 0 Å². The Bertz CT molecular complexity index is 614. The van der Waals surface area contributed by atoms with Crippen LogP contribution < -0.4 is 5.32 Å². The SMILES string of the molecule is C#CCCn1cc(CCCNC2CC2)c2ccccc21. The van der Waals surface area contributed by atoms with Crippen molar-refractivity contribution in [2.24, 2.45) is 0 Å². The summed E-state index contributed by atoms with van der Waals surface area (Å²) in [7, 11) is 0. The van der Waals surface area contributed by atoms with Gasteiger partial charge in [-0.3, -0.25) is 0 Å². The van der Waals surface area contributed by atoms with Crippen LogP contribution in [0, 0.1) is 12.3 Å². The number of hydrogen-bond acceptors (Lipinski definition) is 1. The van der Waals surface area contributed by atoms with Gasteiger partial charge in [0.1, 0.15) is 0 Å². The molecule has 1 aromatic carbocycles. The molecule has 0 amide bonds. The summed E-state index contributed by atoms with van der Waals surface area (Å²) in [5.74, 6) is 2.73. The van der Waals surface area contributed by atoms with Crippen LogP contribution in [0.4, 0.5) is 0 Å². The van der Waals surface area contributed by atoms with Gasteiger partial charge in [-0.25, -0.2) is 0 Å².